The number of esters is 1. The molecule has 11 heteroatoms. The number of imidazole rings is 1. The summed E-state index contributed by atoms with van der Waals surface area (Å²) in [5, 5.41) is 6.50. The van der Waals surface area contributed by atoms with E-state index in [1.807, 2.05) is 19.9 Å². The van der Waals surface area contributed by atoms with Crippen molar-refractivity contribution in [3.63, 3.8) is 0 Å². The molecule has 310 valence electrons. The van der Waals surface area contributed by atoms with Gasteiger partial charge in [0.05, 0.1) is 0 Å². The number of ketones is 1. The molecule has 2 aliphatic heterocycles. The zero-order valence-electron chi connectivity index (χ0n) is 35.4. The number of hydrogen-bond acceptors (Lipinski definition) is 7. The van der Waals surface area contributed by atoms with Crippen LogP contribution in [0, 0.1) is 59.2 Å². The minimum atomic E-state index is -1.98. The van der Waals surface area contributed by atoms with Crippen LogP contribution in [0.5, 0.6) is 0 Å². The molecule has 10 nitrogen and oxygen atoms in total. The Labute approximate surface area is 345 Å². The van der Waals surface area contributed by atoms with Crippen LogP contribution in [0.25, 0.3) is 11.0 Å². The number of aldehydes is 1. The van der Waals surface area contributed by atoms with E-state index >= 15 is 0 Å². The fourth-order valence-electron chi connectivity index (χ4n) is 12.8. The maximum atomic E-state index is 14.4. The zero-order chi connectivity index (χ0) is 41.0. The average molecular weight is 895 g/mol. The van der Waals surface area contributed by atoms with Crippen LogP contribution in [0.15, 0.2) is 27.4 Å². The van der Waals surface area contributed by atoms with Gasteiger partial charge < -0.3 is 4.79 Å². The number of halogens is 1. The molecule has 3 N–H and O–H groups in total. The van der Waals surface area contributed by atoms with Gasteiger partial charge in [0.25, 0.3) is 0 Å². The molecular formula is C46H63IN4O6. The number of H-pyrrole nitrogens is 1. The number of alkyl halides is 2. The normalized spacial score (nSPS) is 38.1. The second kappa shape index (κ2) is 14.3. The number of nitrogens with one attached hydrogen (secondary N) is 3. The van der Waals surface area contributed by atoms with Crippen molar-refractivity contribution in [3.8, 4) is 0 Å². The van der Waals surface area contributed by atoms with Gasteiger partial charge in [-0.15, -0.1) is 0 Å². The van der Waals surface area contributed by atoms with E-state index in [0.29, 0.717) is 34.2 Å². The van der Waals surface area contributed by atoms with Gasteiger partial charge in [-0.1, -0.05) is 0 Å². The Bertz CT molecular complexity index is 2060. The number of aromatic amines is 1. The number of rotatable bonds is 8. The van der Waals surface area contributed by atoms with Crippen LogP contribution in [0.4, 0.5) is 0 Å². The molecule has 0 radical (unpaired) electrons. The summed E-state index contributed by atoms with van der Waals surface area (Å²) in [4.78, 5) is 74.3. The molecule has 2 saturated heterocycles. The molecule has 0 bridgehead atoms. The van der Waals surface area contributed by atoms with Crippen molar-refractivity contribution < 1.29 is 28.7 Å². The number of Topliss-reactive ketones (excluding diaryl/α,β-unsaturated/α-hetero) is 1. The van der Waals surface area contributed by atoms with E-state index in [2.05, 4.69) is 55.2 Å². The Balaban J connectivity index is 1.00. The third-order valence-corrected chi connectivity index (χ3v) is 24.8. The summed E-state index contributed by atoms with van der Waals surface area (Å²) >= 11 is -1.98. The molecule has 5 fully saturated rings. The number of carbonyl (C=O) groups excluding carboxylic acids is 5. The number of hydrogen-bond donors (Lipinski definition) is 3. The second-order valence-corrected chi connectivity index (χ2v) is 26.0. The van der Waals surface area contributed by atoms with E-state index in [1.165, 1.54) is 3.58 Å². The monoisotopic (exact) mass is 894 g/mol. The summed E-state index contributed by atoms with van der Waals surface area (Å²) in [7, 11) is 0. The summed E-state index contributed by atoms with van der Waals surface area (Å²) in [6.07, 6.45) is 8.93. The molecule has 1 aromatic heterocycles. The molecule has 2 aromatic rings. The number of fused-ring (bicyclic) bond motifs is 8. The van der Waals surface area contributed by atoms with E-state index in [1.54, 1.807) is 26.0 Å². The minimum absolute atomic E-state index is 0.0280. The quantitative estimate of drug-likeness (QED) is 0.105. The Morgan fingerprint density at radius 2 is 1.77 bits per heavy atom. The Morgan fingerprint density at radius 3 is 2.47 bits per heavy atom. The third kappa shape index (κ3) is 6.44. The Kier molecular flexibility index (Phi) is 10.2. The Morgan fingerprint density at radius 1 is 1.04 bits per heavy atom. The van der Waals surface area contributed by atoms with E-state index in [9.17, 15) is 24.0 Å². The van der Waals surface area contributed by atoms with Gasteiger partial charge in [-0.25, -0.2) is 0 Å². The first kappa shape index (κ1) is 40.7. The van der Waals surface area contributed by atoms with Crippen molar-refractivity contribution in [2.24, 2.45) is 52.3 Å². The van der Waals surface area contributed by atoms with Crippen molar-refractivity contribution >= 4 is 60.7 Å². The van der Waals surface area contributed by atoms with Crippen molar-refractivity contribution in [1.29, 1.82) is 0 Å². The van der Waals surface area contributed by atoms with E-state index in [0.717, 1.165) is 78.1 Å². The standard InChI is InChI=1S/C46H63IN4O6/c1-24(2)38-34(53)22-46(51-42(56)43(6,7)50-40(54)28-10-11-32-33(21-28)49-27(5)48-32)18-14-37-45(9)16-12-31-26(4)35(57-41(55)30-20-29(23-52)25(30)3)13-17-44(31,8)36(45)15-19-47(37)39(38)46/h10-11,21,23-26,29-31,35-37H,12-20,22H2,1-9H3,(H,48,49)(H,50,54)(H,51,56). The molecule has 11 unspecified atom stereocenters. The van der Waals surface area contributed by atoms with Crippen LogP contribution < -0.4 is 10.6 Å². The molecule has 8 rings (SSSR count). The van der Waals surface area contributed by atoms with Gasteiger partial charge in [-0.3, -0.25) is 0 Å². The van der Waals surface area contributed by atoms with Gasteiger partial charge in [0.2, 0.25) is 0 Å². The first-order valence-electron chi connectivity index (χ1n) is 21.5. The number of carbonyl (C=O) groups is 5. The van der Waals surface area contributed by atoms with E-state index in [4.69, 9.17) is 4.74 Å². The molecule has 6 aliphatic rings. The van der Waals surface area contributed by atoms with Crippen molar-refractivity contribution in [3.05, 3.63) is 38.7 Å². The van der Waals surface area contributed by atoms with Crippen LogP contribution >= 0.6 is 19.8 Å². The maximum absolute atomic E-state index is 14.4. The summed E-state index contributed by atoms with van der Waals surface area (Å²) in [5.41, 5.74) is 1.39. The molecule has 2 amide bonds. The van der Waals surface area contributed by atoms with Crippen LogP contribution in [0.1, 0.15) is 129 Å². The van der Waals surface area contributed by atoms with Crippen molar-refractivity contribution in [2.75, 3.05) is 4.43 Å². The third-order valence-electron chi connectivity index (χ3n) is 16.1. The van der Waals surface area contributed by atoms with Crippen LogP contribution in [0.2, 0.25) is 0 Å². The molecule has 4 aliphatic carbocycles. The second-order valence-electron chi connectivity index (χ2n) is 20.1. The van der Waals surface area contributed by atoms with Crippen molar-refractivity contribution in [2.45, 2.75) is 141 Å². The molecule has 0 spiro atoms. The SMILES string of the molecule is Cc1nc2ccc(C(=O)NC(C)(C)C(=O)NC34CCC5I(CCC6C7(C)CCC(OC(=O)C8CC(C=O)C8C)C(C)C7CCC56C)C3=C(C(C)C)C(=O)C4)cc2[nH]1. The van der Waals surface area contributed by atoms with Gasteiger partial charge in [0.1, 0.15) is 6.29 Å². The number of amides is 2. The van der Waals surface area contributed by atoms with E-state index in [-0.39, 0.29) is 70.1 Å². The van der Waals surface area contributed by atoms with Crippen LogP contribution in [0.3, 0.4) is 0 Å². The summed E-state index contributed by atoms with van der Waals surface area (Å²) < 4.78 is 9.32. The fraction of sp³-hybridized carbons (Fsp3) is 0.696. The number of benzene rings is 1. The van der Waals surface area contributed by atoms with Gasteiger partial charge in [0, 0.05) is 0 Å². The van der Waals surface area contributed by atoms with Crippen LogP contribution in [-0.4, -0.2) is 65.4 Å². The average Bonchev–Trinajstić information content (AvgIpc) is 3.67. The molecule has 11 atom stereocenters. The number of allylic oxidation sites excluding steroid dienone is 1. The number of aryl methyl sites for hydroxylation is 1. The van der Waals surface area contributed by atoms with Gasteiger partial charge in [-0.2, -0.15) is 0 Å². The Hall–Kier alpha value is -3.09. The predicted octanol–water partition coefficient (Wildman–Crippen LogP) is 8.04. The van der Waals surface area contributed by atoms with Crippen LogP contribution in [-0.2, 0) is 23.9 Å². The van der Waals surface area contributed by atoms with Gasteiger partial charge >= 0.3 is 329 Å². The molecule has 57 heavy (non-hydrogen) atoms. The molecule has 1 aromatic carbocycles. The zero-order valence-corrected chi connectivity index (χ0v) is 37.5. The number of nitrogens with zero attached hydrogens (tertiary/aromatic N) is 1. The predicted molar refractivity (Wildman–Crippen MR) is 229 cm³/mol. The van der Waals surface area contributed by atoms with Gasteiger partial charge in [-0.05, 0) is 6.92 Å². The summed E-state index contributed by atoms with van der Waals surface area (Å²) in [6, 6.07) is 5.31. The first-order valence-corrected chi connectivity index (χ1v) is 25.4. The van der Waals surface area contributed by atoms with Crippen molar-refractivity contribution in [1.82, 2.24) is 20.6 Å². The first-order chi connectivity index (χ1) is 26.8. The summed E-state index contributed by atoms with van der Waals surface area (Å²) in [6.45, 7) is 19.1. The molecule has 3 heterocycles. The van der Waals surface area contributed by atoms with E-state index < -0.39 is 30.9 Å². The number of ether oxygens (including phenoxy) is 1. The topological polar surface area (TPSA) is 147 Å². The number of aromatic nitrogens is 2. The molecular weight excluding hydrogens is 831 g/mol. The van der Waals surface area contributed by atoms with Gasteiger partial charge in [0.15, 0.2) is 0 Å². The fourth-order valence-corrected chi connectivity index (χ4v) is 23.3. The summed E-state index contributed by atoms with van der Waals surface area (Å²) in [5.74, 6) is 1.53. The molecule has 3 saturated carbocycles.